The molecule has 0 radical (unpaired) electrons. The highest BCUT2D eigenvalue weighted by Crippen LogP contribution is 2.06. The quantitative estimate of drug-likeness (QED) is 0.632. The Balaban J connectivity index is 2.56. The fourth-order valence-corrected chi connectivity index (χ4v) is 1.02. The van der Waals surface area contributed by atoms with Crippen molar-refractivity contribution in [3.8, 4) is 0 Å². The molecule has 0 atom stereocenters. The lowest BCUT2D eigenvalue weighted by atomic mass is 10.1. The van der Waals surface area contributed by atoms with Gasteiger partial charge in [-0.25, -0.2) is 0 Å². The highest BCUT2D eigenvalue weighted by molar-refractivity contribution is 5.40. The Morgan fingerprint density at radius 2 is 2.27 bits per heavy atom. The van der Waals surface area contributed by atoms with E-state index in [2.05, 4.69) is 11.4 Å². The summed E-state index contributed by atoms with van der Waals surface area (Å²) < 4.78 is 0. The van der Waals surface area contributed by atoms with Gasteiger partial charge in [0.2, 0.25) is 0 Å². The van der Waals surface area contributed by atoms with Gasteiger partial charge < -0.3 is 11.1 Å². The molecule has 0 aliphatic rings. The number of likely N-dealkylation sites (N-methyl/N-ethyl adjacent to an activating group) is 1. The van der Waals surface area contributed by atoms with Crippen molar-refractivity contribution in [1.29, 1.82) is 0 Å². The molecule has 0 saturated heterocycles. The lowest BCUT2D eigenvalue weighted by Gasteiger charge is -2.00. The average Bonchev–Trinajstić information content (AvgIpc) is 2.01. The van der Waals surface area contributed by atoms with E-state index in [9.17, 15) is 0 Å². The fraction of sp³-hybridized carbons (Fsp3) is 0.333. The molecule has 0 aliphatic heterocycles. The van der Waals surface area contributed by atoms with E-state index in [1.165, 1.54) is 5.56 Å². The second-order valence-corrected chi connectivity index (χ2v) is 2.60. The normalized spacial score (nSPS) is 9.91. The van der Waals surface area contributed by atoms with Crippen LogP contribution in [0.4, 0.5) is 5.69 Å². The van der Waals surface area contributed by atoms with Crippen LogP contribution in [0.25, 0.3) is 0 Å². The summed E-state index contributed by atoms with van der Waals surface area (Å²) in [5, 5.41) is 3.09. The first-order chi connectivity index (χ1) is 5.33. The first kappa shape index (κ1) is 8.08. The van der Waals surface area contributed by atoms with Gasteiger partial charge in [-0.1, -0.05) is 12.1 Å². The van der Waals surface area contributed by atoms with E-state index in [0.717, 1.165) is 18.7 Å². The third kappa shape index (κ3) is 2.60. The van der Waals surface area contributed by atoms with E-state index in [1.807, 2.05) is 25.2 Å². The maximum atomic E-state index is 5.61. The van der Waals surface area contributed by atoms with Crippen LogP contribution in [-0.4, -0.2) is 13.6 Å². The molecule has 3 N–H and O–H groups in total. The number of rotatable bonds is 3. The highest BCUT2D eigenvalue weighted by Gasteiger charge is 1.90. The first-order valence-electron chi connectivity index (χ1n) is 3.82. The minimum absolute atomic E-state index is 0.846. The standard InChI is InChI=1S/C9H14N2/c1-11-6-5-8-3-2-4-9(10)7-8/h2-4,7,11H,5-6,10H2,1H3. The van der Waals surface area contributed by atoms with Crippen molar-refractivity contribution >= 4 is 5.69 Å². The predicted molar refractivity (Wildman–Crippen MR) is 48.5 cm³/mol. The molecule has 0 heterocycles. The molecule has 2 heteroatoms. The molecule has 0 unspecified atom stereocenters. The Labute approximate surface area is 67.4 Å². The van der Waals surface area contributed by atoms with Gasteiger partial charge in [0.05, 0.1) is 0 Å². The number of nitrogen functional groups attached to an aromatic ring is 1. The van der Waals surface area contributed by atoms with Crippen LogP contribution in [0.15, 0.2) is 24.3 Å². The molecule has 0 spiro atoms. The number of nitrogens with two attached hydrogens (primary N) is 1. The molecule has 1 rings (SSSR count). The molecule has 0 amide bonds. The van der Waals surface area contributed by atoms with Crippen molar-refractivity contribution in [2.24, 2.45) is 0 Å². The molecule has 2 nitrogen and oxygen atoms in total. The molecule has 0 aliphatic carbocycles. The summed E-state index contributed by atoms with van der Waals surface area (Å²) >= 11 is 0. The van der Waals surface area contributed by atoms with Crippen LogP contribution in [0.3, 0.4) is 0 Å². The van der Waals surface area contributed by atoms with Gasteiger partial charge in [-0.05, 0) is 37.7 Å². The van der Waals surface area contributed by atoms with Gasteiger partial charge in [0.1, 0.15) is 0 Å². The number of benzene rings is 1. The third-order valence-electron chi connectivity index (χ3n) is 1.61. The molecule has 0 bridgehead atoms. The first-order valence-corrected chi connectivity index (χ1v) is 3.82. The van der Waals surface area contributed by atoms with E-state index < -0.39 is 0 Å². The monoisotopic (exact) mass is 150 g/mol. The molecule has 1 aromatic rings. The average molecular weight is 150 g/mol. The van der Waals surface area contributed by atoms with Crippen molar-refractivity contribution in [1.82, 2.24) is 5.32 Å². The predicted octanol–water partition coefficient (Wildman–Crippen LogP) is 1.03. The third-order valence-corrected chi connectivity index (χ3v) is 1.61. The van der Waals surface area contributed by atoms with E-state index in [4.69, 9.17) is 5.73 Å². The summed E-state index contributed by atoms with van der Waals surface area (Å²) in [4.78, 5) is 0. The van der Waals surface area contributed by atoms with E-state index in [0.29, 0.717) is 0 Å². The summed E-state index contributed by atoms with van der Waals surface area (Å²) in [6.45, 7) is 1.00. The zero-order valence-electron chi connectivity index (χ0n) is 6.80. The van der Waals surface area contributed by atoms with Gasteiger partial charge in [0.25, 0.3) is 0 Å². The van der Waals surface area contributed by atoms with Gasteiger partial charge >= 0.3 is 0 Å². The second kappa shape index (κ2) is 3.98. The van der Waals surface area contributed by atoms with Crippen molar-refractivity contribution in [2.75, 3.05) is 19.3 Å². The van der Waals surface area contributed by atoms with Crippen molar-refractivity contribution < 1.29 is 0 Å². The summed E-state index contributed by atoms with van der Waals surface area (Å²) in [6.07, 6.45) is 1.04. The molecule has 11 heavy (non-hydrogen) atoms. The minimum Gasteiger partial charge on any atom is -0.399 e. The van der Waals surface area contributed by atoms with Crippen molar-refractivity contribution in [2.45, 2.75) is 6.42 Å². The molecule has 0 saturated carbocycles. The van der Waals surface area contributed by atoms with Crippen LogP contribution >= 0.6 is 0 Å². The van der Waals surface area contributed by atoms with Crippen LogP contribution in [0.2, 0.25) is 0 Å². The van der Waals surface area contributed by atoms with Crippen molar-refractivity contribution in [3.05, 3.63) is 29.8 Å². The summed E-state index contributed by atoms with van der Waals surface area (Å²) in [5.41, 5.74) is 7.75. The summed E-state index contributed by atoms with van der Waals surface area (Å²) in [6, 6.07) is 7.99. The zero-order chi connectivity index (χ0) is 8.10. The topological polar surface area (TPSA) is 38.0 Å². The van der Waals surface area contributed by atoms with Gasteiger partial charge in [0, 0.05) is 5.69 Å². The molecule has 0 aromatic heterocycles. The van der Waals surface area contributed by atoms with Gasteiger partial charge in [-0.3, -0.25) is 0 Å². The smallest absolute Gasteiger partial charge is 0.0316 e. The molecule has 1 aromatic carbocycles. The van der Waals surface area contributed by atoms with Crippen LogP contribution in [-0.2, 0) is 6.42 Å². The van der Waals surface area contributed by atoms with Gasteiger partial charge in [-0.15, -0.1) is 0 Å². The van der Waals surface area contributed by atoms with Crippen LogP contribution < -0.4 is 11.1 Å². The lowest BCUT2D eigenvalue weighted by Crippen LogP contribution is -2.10. The zero-order valence-corrected chi connectivity index (χ0v) is 6.80. The Morgan fingerprint density at radius 1 is 1.45 bits per heavy atom. The van der Waals surface area contributed by atoms with Gasteiger partial charge in [0.15, 0.2) is 0 Å². The fourth-order valence-electron chi connectivity index (χ4n) is 1.02. The maximum Gasteiger partial charge on any atom is 0.0316 e. The van der Waals surface area contributed by atoms with E-state index >= 15 is 0 Å². The number of anilines is 1. The second-order valence-electron chi connectivity index (χ2n) is 2.60. The lowest BCUT2D eigenvalue weighted by molar-refractivity contribution is 0.792. The van der Waals surface area contributed by atoms with E-state index in [-0.39, 0.29) is 0 Å². The van der Waals surface area contributed by atoms with Crippen molar-refractivity contribution in [3.63, 3.8) is 0 Å². The largest absolute Gasteiger partial charge is 0.399 e. The van der Waals surface area contributed by atoms with Crippen LogP contribution in [0, 0.1) is 0 Å². The Hall–Kier alpha value is -1.02. The molecule has 60 valence electrons. The van der Waals surface area contributed by atoms with Gasteiger partial charge in [-0.2, -0.15) is 0 Å². The molecule has 0 fully saturated rings. The summed E-state index contributed by atoms with van der Waals surface area (Å²) in [5.74, 6) is 0. The number of hydrogen-bond donors (Lipinski definition) is 2. The molecular formula is C9H14N2. The SMILES string of the molecule is CNCCc1cccc(N)c1. The highest BCUT2D eigenvalue weighted by atomic mass is 14.8. The van der Waals surface area contributed by atoms with Crippen LogP contribution in [0.1, 0.15) is 5.56 Å². The minimum atomic E-state index is 0.846. The van der Waals surface area contributed by atoms with Crippen LogP contribution in [0.5, 0.6) is 0 Å². The maximum absolute atomic E-state index is 5.61. The Kier molecular flexibility index (Phi) is 2.93. The summed E-state index contributed by atoms with van der Waals surface area (Å²) in [7, 11) is 1.95. The molecular weight excluding hydrogens is 136 g/mol. The Morgan fingerprint density at radius 3 is 2.91 bits per heavy atom. The van der Waals surface area contributed by atoms with E-state index in [1.54, 1.807) is 0 Å². The Bertz CT molecular complexity index is 221. The number of nitrogens with one attached hydrogen (secondary N) is 1. The number of hydrogen-bond acceptors (Lipinski definition) is 2.